The molecule has 4 N–H and O–H groups in total. The standard InChI is InChI=1S/C31H37Cl2F4N9O3/c1-44(2)28(47)25(39)24(33)20-13-45(7-4-6-40-20)27-17-14-48-21(26-23(31(35,36)37)18(32)9-22(38)42-26)10-19(17)41-29(43-27)49-15-30-5-3-8-46(30)12-16(34)11-30/h9,16,21H,3-8,10-15,39H2,1-2H3,(H2,38,42)/b25-24+/t16-,21+,30+/m1/s1. The molecule has 4 aliphatic heterocycles. The molecule has 0 bridgehead atoms. The molecule has 0 radical (unpaired) electrons. The average Bonchev–Trinajstić information content (AvgIpc) is 3.44. The number of aromatic nitrogens is 3. The number of carbonyl (C=O) groups is 1. The van der Waals surface area contributed by atoms with Gasteiger partial charge in [0.1, 0.15) is 36.2 Å². The number of halogens is 6. The first-order chi connectivity index (χ1) is 23.2. The lowest BCUT2D eigenvalue weighted by atomic mass is 9.95. The van der Waals surface area contributed by atoms with Gasteiger partial charge in [0, 0.05) is 52.1 Å². The van der Waals surface area contributed by atoms with Gasteiger partial charge in [-0.05, 0) is 31.9 Å². The van der Waals surface area contributed by atoms with Crippen LogP contribution in [0.15, 0.2) is 21.8 Å². The van der Waals surface area contributed by atoms with Crippen molar-refractivity contribution in [3.05, 3.63) is 44.3 Å². The lowest BCUT2D eigenvalue weighted by Gasteiger charge is -2.33. The van der Waals surface area contributed by atoms with Crippen molar-refractivity contribution in [2.75, 3.05) is 64.1 Å². The summed E-state index contributed by atoms with van der Waals surface area (Å²) in [6, 6.07) is 0.934. The molecule has 0 aliphatic carbocycles. The van der Waals surface area contributed by atoms with E-state index in [1.54, 1.807) is 14.1 Å². The summed E-state index contributed by atoms with van der Waals surface area (Å²) in [7, 11) is 3.11. The molecule has 0 spiro atoms. The Labute approximate surface area is 290 Å². The summed E-state index contributed by atoms with van der Waals surface area (Å²) in [5.74, 6) is -0.263. The number of hydrogen-bond acceptors (Lipinski definition) is 11. The minimum Gasteiger partial charge on any atom is -0.461 e. The first-order valence-electron chi connectivity index (χ1n) is 15.9. The van der Waals surface area contributed by atoms with E-state index in [0.717, 1.165) is 25.5 Å². The Balaban J connectivity index is 1.38. The second-order valence-corrected chi connectivity index (χ2v) is 13.7. The summed E-state index contributed by atoms with van der Waals surface area (Å²) < 4.78 is 69.3. The molecular weight excluding hydrogens is 693 g/mol. The molecule has 6 rings (SSSR count). The molecule has 49 heavy (non-hydrogen) atoms. The van der Waals surface area contributed by atoms with Crippen LogP contribution in [0.2, 0.25) is 5.02 Å². The van der Waals surface area contributed by atoms with E-state index in [1.807, 2.05) is 4.90 Å². The zero-order valence-corrected chi connectivity index (χ0v) is 28.5. The van der Waals surface area contributed by atoms with Gasteiger partial charge < -0.3 is 30.7 Å². The van der Waals surface area contributed by atoms with Gasteiger partial charge in [0.15, 0.2) is 0 Å². The summed E-state index contributed by atoms with van der Waals surface area (Å²) in [5, 5.41) is -0.582. The highest BCUT2D eigenvalue weighted by atomic mass is 35.5. The maximum absolute atomic E-state index is 14.5. The number of nitrogens with two attached hydrogens (primary N) is 2. The molecule has 2 fully saturated rings. The number of likely N-dealkylation sites (N-methyl/N-ethyl adjacent to an activating group) is 1. The zero-order chi connectivity index (χ0) is 35.2. The Morgan fingerprint density at radius 1 is 1.22 bits per heavy atom. The van der Waals surface area contributed by atoms with Gasteiger partial charge in [0.2, 0.25) is 0 Å². The molecule has 0 aromatic carbocycles. The van der Waals surface area contributed by atoms with Gasteiger partial charge in [0.25, 0.3) is 5.91 Å². The third-order valence-electron chi connectivity index (χ3n) is 9.35. The van der Waals surface area contributed by atoms with Crippen molar-refractivity contribution in [3.63, 3.8) is 0 Å². The molecule has 18 heteroatoms. The smallest absolute Gasteiger partial charge is 0.419 e. The van der Waals surface area contributed by atoms with Crippen LogP contribution < -0.4 is 21.1 Å². The summed E-state index contributed by atoms with van der Waals surface area (Å²) in [5.41, 5.74) is 11.0. The highest BCUT2D eigenvalue weighted by Crippen LogP contribution is 2.44. The number of nitrogen functional groups attached to an aromatic ring is 1. The second-order valence-electron chi connectivity index (χ2n) is 12.9. The third-order valence-corrected chi connectivity index (χ3v) is 10.1. The van der Waals surface area contributed by atoms with Gasteiger partial charge >= 0.3 is 12.2 Å². The van der Waals surface area contributed by atoms with Crippen molar-refractivity contribution in [1.82, 2.24) is 24.8 Å². The number of pyridine rings is 1. The molecule has 2 aromatic heterocycles. The van der Waals surface area contributed by atoms with E-state index < -0.39 is 46.2 Å². The highest BCUT2D eigenvalue weighted by molar-refractivity contribution is 6.45. The first-order valence-corrected chi connectivity index (χ1v) is 16.6. The highest BCUT2D eigenvalue weighted by Gasteiger charge is 2.49. The lowest BCUT2D eigenvalue weighted by Crippen LogP contribution is -2.43. The van der Waals surface area contributed by atoms with Crippen molar-refractivity contribution >= 4 is 46.5 Å². The minimum absolute atomic E-state index is 0.00745. The first kappa shape index (κ1) is 35.4. The predicted octanol–water partition coefficient (Wildman–Crippen LogP) is 4.04. The van der Waals surface area contributed by atoms with Crippen LogP contribution >= 0.6 is 23.2 Å². The molecule has 1 amide bonds. The number of carbonyl (C=O) groups excluding carboxylic acids is 1. The molecule has 3 atom stereocenters. The zero-order valence-electron chi connectivity index (χ0n) is 27.0. The maximum atomic E-state index is 14.5. The number of nitrogens with zero attached hydrogens (tertiary/aromatic N) is 7. The van der Waals surface area contributed by atoms with Crippen LogP contribution in [0, 0.1) is 0 Å². The molecule has 4 aliphatic rings. The summed E-state index contributed by atoms with van der Waals surface area (Å²) in [6.07, 6.45) is -4.53. The van der Waals surface area contributed by atoms with Gasteiger partial charge in [-0.2, -0.15) is 23.1 Å². The van der Waals surface area contributed by atoms with Crippen LogP contribution in [-0.2, 0) is 28.7 Å². The van der Waals surface area contributed by atoms with Gasteiger partial charge in [-0.1, -0.05) is 23.2 Å². The molecule has 2 saturated heterocycles. The van der Waals surface area contributed by atoms with Crippen molar-refractivity contribution in [2.45, 2.75) is 62.7 Å². The van der Waals surface area contributed by atoms with E-state index >= 15 is 0 Å². The normalized spacial score (nSPS) is 24.9. The van der Waals surface area contributed by atoms with E-state index in [2.05, 4.69) is 19.9 Å². The van der Waals surface area contributed by atoms with E-state index in [-0.39, 0.29) is 48.7 Å². The van der Waals surface area contributed by atoms with Crippen molar-refractivity contribution in [3.8, 4) is 6.01 Å². The largest absolute Gasteiger partial charge is 0.461 e. The summed E-state index contributed by atoms with van der Waals surface area (Å²) >= 11 is 12.6. The fraction of sp³-hybridized carbons (Fsp3) is 0.581. The quantitative estimate of drug-likeness (QED) is 0.316. The van der Waals surface area contributed by atoms with Crippen molar-refractivity contribution in [1.29, 1.82) is 0 Å². The fourth-order valence-electron chi connectivity index (χ4n) is 7.04. The third kappa shape index (κ3) is 7.10. The Bertz CT molecular complexity index is 1690. The minimum atomic E-state index is -4.83. The Morgan fingerprint density at radius 3 is 2.73 bits per heavy atom. The number of hydrogen-bond donors (Lipinski definition) is 2. The number of aliphatic imine (C=N–C) groups is 1. The monoisotopic (exact) mass is 729 g/mol. The van der Waals surface area contributed by atoms with Crippen molar-refractivity contribution in [2.24, 2.45) is 10.7 Å². The van der Waals surface area contributed by atoms with E-state index in [1.165, 1.54) is 4.90 Å². The van der Waals surface area contributed by atoms with Gasteiger partial charge in [0.05, 0.1) is 51.4 Å². The average molecular weight is 731 g/mol. The second kappa shape index (κ2) is 13.7. The van der Waals surface area contributed by atoms with Gasteiger partial charge in [-0.25, -0.2) is 9.37 Å². The molecule has 0 saturated carbocycles. The van der Waals surface area contributed by atoms with Crippen LogP contribution in [0.25, 0.3) is 0 Å². The van der Waals surface area contributed by atoms with Gasteiger partial charge in [-0.15, -0.1) is 0 Å². The summed E-state index contributed by atoms with van der Waals surface area (Å²) in [4.78, 5) is 35.8. The molecule has 6 heterocycles. The molecule has 12 nitrogen and oxygen atoms in total. The number of anilines is 2. The fourth-order valence-corrected chi connectivity index (χ4v) is 7.56. The number of fused-ring (bicyclic) bond motifs is 2. The molecule has 0 unspecified atom stereocenters. The Morgan fingerprint density at radius 2 is 2.00 bits per heavy atom. The van der Waals surface area contributed by atoms with Crippen LogP contribution in [0.4, 0.5) is 29.2 Å². The van der Waals surface area contributed by atoms with Crippen molar-refractivity contribution < 1.29 is 31.8 Å². The van der Waals surface area contributed by atoms with Gasteiger partial charge in [-0.3, -0.25) is 14.7 Å². The molecular formula is C31H37Cl2F4N9O3. The lowest BCUT2D eigenvalue weighted by molar-refractivity contribution is -0.140. The topological polar surface area (TPSA) is 148 Å². The van der Waals surface area contributed by atoms with Crippen LogP contribution in [0.3, 0.4) is 0 Å². The number of alkyl halides is 4. The van der Waals surface area contributed by atoms with E-state index in [0.29, 0.717) is 55.3 Å². The van der Waals surface area contributed by atoms with E-state index in [9.17, 15) is 22.4 Å². The molecule has 266 valence electrons. The predicted molar refractivity (Wildman–Crippen MR) is 175 cm³/mol. The van der Waals surface area contributed by atoms with E-state index in [4.69, 9.17) is 49.1 Å². The summed E-state index contributed by atoms with van der Waals surface area (Å²) in [6.45, 7) is 2.02. The molecule has 2 aromatic rings. The number of rotatable bonds is 7. The van der Waals surface area contributed by atoms with Crippen LogP contribution in [-0.4, -0.2) is 102 Å². The Hall–Kier alpha value is -3.47. The SMILES string of the molecule is CN(C)C(=O)/C(N)=C(\Cl)C1=NCCCN(c2nc(OC[C@@]34CCCN3C[C@H](F)C4)nc3c2CO[C@H](c2nc(N)cc(Cl)c2C(F)(F)F)C3)C1. The number of ether oxygens (including phenoxy) is 2. The van der Waals surface area contributed by atoms with Crippen LogP contribution in [0.5, 0.6) is 6.01 Å². The van der Waals surface area contributed by atoms with Crippen LogP contribution in [0.1, 0.15) is 54.3 Å². The maximum Gasteiger partial charge on any atom is 0.419 e. The Kier molecular flexibility index (Phi) is 9.87. The number of amides is 1.